The van der Waals surface area contributed by atoms with Crippen LogP contribution in [0.15, 0.2) is 54.6 Å². The molecule has 3 nitrogen and oxygen atoms in total. The molecule has 2 aromatic carbocycles. The van der Waals surface area contributed by atoms with Gasteiger partial charge in [-0.25, -0.2) is 0 Å². The summed E-state index contributed by atoms with van der Waals surface area (Å²) in [5, 5.41) is 21.3. The van der Waals surface area contributed by atoms with Crippen molar-refractivity contribution in [2.45, 2.75) is 6.42 Å². The third kappa shape index (κ3) is 1.67. The number of nitrogens with zero attached hydrogens (tertiary/aromatic N) is 1. The van der Waals surface area contributed by atoms with E-state index in [9.17, 15) is 10.0 Å². The Morgan fingerprint density at radius 3 is 2.70 bits per heavy atom. The molecule has 0 fully saturated rings. The third-order valence-corrected chi connectivity index (χ3v) is 4.76. The van der Waals surface area contributed by atoms with Gasteiger partial charge < -0.3 is 14.4 Å². The van der Waals surface area contributed by atoms with Crippen LogP contribution in [0.3, 0.4) is 0 Å². The summed E-state index contributed by atoms with van der Waals surface area (Å²) in [5.41, 5.74) is 6.50. The SMILES string of the molecule is OB(O)c1ccc2c(c1)c1c3c(cc4ccccc4n32)CC=C1. The number of para-hydroxylation sites is 1. The smallest absolute Gasteiger partial charge is 0.423 e. The molecule has 110 valence electrons. The fraction of sp³-hybridized carbons (Fsp3) is 0.0526. The highest BCUT2D eigenvalue weighted by Crippen LogP contribution is 2.36. The second-order valence-corrected chi connectivity index (χ2v) is 6.08. The zero-order valence-corrected chi connectivity index (χ0v) is 12.4. The van der Waals surface area contributed by atoms with E-state index >= 15 is 0 Å². The van der Waals surface area contributed by atoms with Gasteiger partial charge in [0, 0.05) is 10.9 Å². The summed E-state index contributed by atoms with van der Waals surface area (Å²) in [6.07, 6.45) is 5.24. The maximum Gasteiger partial charge on any atom is 0.488 e. The maximum atomic E-state index is 9.49. The molecule has 0 radical (unpaired) electrons. The van der Waals surface area contributed by atoms with Crippen LogP contribution in [-0.4, -0.2) is 21.6 Å². The Kier molecular flexibility index (Phi) is 2.52. The molecule has 0 bridgehead atoms. The van der Waals surface area contributed by atoms with Crippen LogP contribution in [0.1, 0.15) is 11.1 Å². The molecule has 0 saturated heterocycles. The zero-order chi connectivity index (χ0) is 15.6. The molecule has 2 N–H and O–H groups in total. The van der Waals surface area contributed by atoms with E-state index in [2.05, 4.69) is 46.9 Å². The first-order valence-electron chi connectivity index (χ1n) is 7.75. The summed E-state index contributed by atoms with van der Waals surface area (Å²) in [6.45, 7) is 0. The molecule has 0 amide bonds. The molecule has 0 unspecified atom stereocenters. The van der Waals surface area contributed by atoms with E-state index in [4.69, 9.17) is 0 Å². The number of pyridine rings is 1. The predicted octanol–water partition coefficient (Wildman–Crippen LogP) is 2.49. The molecule has 4 heteroatoms. The van der Waals surface area contributed by atoms with Crippen LogP contribution in [0.25, 0.3) is 33.4 Å². The minimum atomic E-state index is -1.45. The first-order chi connectivity index (χ1) is 11.2. The van der Waals surface area contributed by atoms with Crippen molar-refractivity contribution in [1.29, 1.82) is 0 Å². The highest BCUT2D eigenvalue weighted by atomic mass is 16.4. The molecule has 5 rings (SSSR count). The predicted molar refractivity (Wildman–Crippen MR) is 95.0 cm³/mol. The quantitative estimate of drug-likeness (QED) is 0.530. The number of hydrogen-bond acceptors (Lipinski definition) is 2. The van der Waals surface area contributed by atoms with Gasteiger partial charge in [-0.05, 0) is 41.0 Å². The van der Waals surface area contributed by atoms with Crippen molar-refractivity contribution in [3.8, 4) is 0 Å². The van der Waals surface area contributed by atoms with Crippen molar-refractivity contribution < 1.29 is 10.0 Å². The lowest BCUT2D eigenvalue weighted by Crippen LogP contribution is -2.29. The maximum absolute atomic E-state index is 9.49. The minimum Gasteiger partial charge on any atom is -0.423 e. The summed E-state index contributed by atoms with van der Waals surface area (Å²) in [7, 11) is -1.45. The molecule has 2 heterocycles. The Morgan fingerprint density at radius 2 is 1.83 bits per heavy atom. The van der Waals surface area contributed by atoms with Gasteiger partial charge in [0.15, 0.2) is 0 Å². The highest BCUT2D eigenvalue weighted by molar-refractivity contribution is 6.59. The lowest BCUT2D eigenvalue weighted by atomic mass is 9.79. The van der Waals surface area contributed by atoms with Gasteiger partial charge in [-0.2, -0.15) is 0 Å². The summed E-state index contributed by atoms with van der Waals surface area (Å²) < 4.78 is 2.30. The van der Waals surface area contributed by atoms with Crippen LogP contribution in [0.5, 0.6) is 0 Å². The van der Waals surface area contributed by atoms with E-state index in [1.807, 2.05) is 12.1 Å². The normalized spacial score (nSPS) is 13.3. The Hall–Kier alpha value is -2.56. The van der Waals surface area contributed by atoms with E-state index in [0.717, 1.165) is 22.9 Å². The van der Waals surface area contributed by atoms with Crippen molar-refractivity contribution in [2.24, 2.45) is 0 Å². The fourth-order valence-electron chi connectivity index (χ4n) is 3.76. The van der Waals surface area contributed by atoms with Crippen LogP contribution >= 0.6 is 0 Å². The van der Waals surface area contributed by atoms with E-state index < -0.39 is 7.12 Å². The van der Waals surface area contributed by atoms with Gasteiger partial charge in [0.25, 0.3) is 0 Å². The van der Waals surface area contributed by atoms with Crippen LogP contribution in [0.2, 0.25) is 0 Å². The second-order valence-electron chi connectivity index (χ2n) is 6.08. The van der Waals surface area contributed by atoms with Crippen molar-refractivity contribution in [3.63, 3.8) is 0 Å². The minimum absolute atomic E-state index is 0.523. The summed E-state index contributed by atoms with van der Waals surface area (Å²) in [5.74, 6) is 0. The van der Waals surface area contributed by atoms with Gasteiger partial charge in [-0.1, -0.05) is 42.5 Å². The largest absolute Gasteiger partial charge is 0.488 e. The lowest BCUT2D eigenvalue weighted by Gasteiger charge is -2.12. The Balaban J connectivity index is 2.07. The average Bonchev–Trinajstić information content (AvgIpc) is 2.91. The molecular weight excluding hydrogens is 285 g/mol. The van der Waals surface area contributed by atoms with Crippen LogP contribution < -0.4 is 5.46 Å². The topological polar surface area (TPSA) is 44.9 Å². The molecule has 0 aliphatic heterocycles. The number of aromatic nitrogens is 1. The van der Waals surface area contributed by atoms with Crippen molar-refractivity contribution in [2.75, 3.05) is 0 Å². The second kappa shape index (κ2) is 4.48. The molecule has 1 aliphatic carbocycles. The van der Waals surface area contributed by atoms with E-state index in [1.165, 1.54) is 22.0 Å². The van der Waals surface area contributed by atoms with Crippen molar-refractivity contribution in [3.05, 3.63) is 65.7 Å². The molecule has 23 heavy (non-hydrogen) atoms. The molecule has 0 atom stereocenters. The third-order valence-electron chi connectivity index (χ3n) is 4.76. The van der Waals surface area contributed by atoms with Crippen LogP contribution in [-0.2, 0) is 6.42 Å². The first-order valence-corrected chi connectivity index (χ1v) is 7.75. The summed E-state index contributed by atoms with van der Waals surface area (Å²) >= 11 is 0. The fourth-order valence-corrected chi connectivity index (χ4v) is 3.76. The summed E-state index contributed by atoms with van der Waals surface area (Å²) in [4.78, 5) is 0. The van der Waals surface area contributed by atoms with E-state index in [-0.39, 0.29) is 0 Å². The molecule has 0 saturated carbocycles. The number of hydrogen-bond donors (Lipinski definition) is 2. The number of rotatable bonds is 1. The van der Waals surface area contributed by atoms with E-state index in [0.29, 0.717) is 5.46 Å². The lowest BCUT2D eigenvalue weighted by molar-refractivity contribution is 0.426. The van der Waals surface area contributed by atoms with Crippen molar-refractivity contribution in [1.82, 2.24) is 4.40 Å². The van der Waals surface area contributed by atoms with Gasteiger partial charge in [-0.3, -0.25) is 0 Å². The monoisotopic (exact) mass is 299 g/mol. The molecule has 4 aromatic rings. The van der Waals surface area contributed by atoms with E-state index in [1.54, 1.807) is 6.07 Å². The Morgan fingerprint density at radius 1 is 0.957 bits per heavy atom. The Labute approximate surface area is 133 Å². The van der Waals surface area contributed by atoms with Crippen molar-refractivity contribution >= 4 is 46.0 Å². The summed E-state index contributed by atoms with van der Waals surface area (Å²) in [6, 6.07) is 16.3. The first kappa shape index (κ1) is 12.9. The zero-order valence-electron chi connectivity index (χ0n) is 12.4. The molecule has 2 aromatic heterocycles. The highest BCUT2D eigenvalue weighted by Gasteiger charge is 2.20. The van der Waals surface area contributed by atoms with Gasteiger partial charge >= 0.3 is 7.12 Å². The van der Waals surface area contributed by atoms with Crippen LogP contribution in [0.4, 0.5) is 0 Å². The standard InChI is InChI=1S/C19H14BNO2/c22-20(23)14-8-9-18-16(11-14)15-6-3-5-13-10-12-4-1-2-7-17(12)21(18)19(13)15/h1-4,6-11,22-23H,5H2. The molecule has 0 spiro atoms. The van der Waals surface area contributed by atoms with Gasteiger partial charge in [0.1, 0.15) is 0 Å². The van der Waals surface area contributed by atoms with Gasteiger partial charge in [-0.15, -0.1) is 0 Å². The number of allylic oxidation sites excluding steroid dienone is 1. The average molecular weight is 299 g/mol. The van der Waals surface area contributed by atoms with Gasteiger partial charge in [0.05, 0.1) is 16.6 Å². The number of fused-ring (bicyclic) bond motifs is 5. The number of benzene rings is 2. The molecular formula is C19H14BNO2. The van der Waals surface area contributed by atoms with Crippen LogP contribution in [0, 0.1) is 0 Å². The Bertz CT molecular complexity index is 1120. The molecule has 1 aliphatic rings. The van der Waals surface area contributed by atoms with Gasteiger partial charge in [0.2, 0.25) is 0 Å².